The molecule has 0 saturated heterocycles. The summed E-state index contributed by atoms with van der Waals surface area (Å²) in [6.07, 6.45) is -3.51. The second-order valence-corrected chi connectivity index (χ2v) is 6.27. The van der Waals surface area contributed by atoms with Gasteiger partial charge >= 0.3 is 6.18 Å². The fourth-order valence-corrected chi connectivity index (χ4v) is 2.78. The number of aromatic nitrogens is 2. The van der Waals surface area contributed by atoms with Gasteiger partial charge < -0.3 is 14.8 Å². The zero-order valence-electron chi connectivity index (χ0n) is 15.9. The Hall–Kier alpha value is -3.40. The quantitative estimate of drug-likeness (QED) is 0.593. The molecular weight excluding hydrogens is 403 g/mol. The van der Waals surface area contributed by atoms with Crippen LogP contribution in [-0.4, -0.2) is 35.8 Å². The SMILES string of the molecule is COCCOc1ccc(C(F)(F)F)cc1NC(=O)Cn1c(=O)cnc2ccccc21. The lowest BCUT2D eigenvalue weighted by Gasteiger charge is -2.16. The summed E-state index contributed by atoms with van der Waals surface area (Å²) in [7, 11) is 1.45. The molecule has 10 heteroatoms. The van der Waals surface area contributed by atoms with E-state index in [4.69, 9.17) is 9.47 Å². The van der Waals surface area contributed by atoms with Gasteiger partial charge in [0, 0.05) is 7.11 Å². The molecule has 1 heterocycles. The highest BCUT2D eigenvalue weighted by Gasteiger charge is 2.31. The molecule has 0 aliphatic carbocycles. The maximum absolute atomic E-state index is 13.1. The number of para-hydroxylation sites is 2. The molecule has 0 atom stereocenters. The summed E-state index contributed by atoms with van der Waals surface area (Å²) in [4.78, 5) is 28.8. The van der Waals surface area contributed by atoms with E-state index in [-0.39, 0.29) is 24.7 Å². The zero-order valence-corrected chi connectivity index (χ0v) is 15.9. The molecule has 0 fully saturated rings. The Balaban J connectivity index is 1.88. The van der Waals surface area contributed by atoms with E-state index in [1.165, 1.54) is 11.7 Å². The number of rotatable bonds is 7. The molecule has 0 bridgehead atoms. The third-order valence-corrected chi connectivity index (χ3v) is 4.18. The molecule has 0 aliphatic heterocycles. The van der Waals surface area contributed by atoms with Crippen LogP contribution < -0.4 is 15.6 Å². The van der Waals surface area contributed by atoms with Crippen molar-refractivity contribution in [3.8, 4) is 5.75 Å². The number of carbonyl (C=O) groups excluding carboxylic acids is 1. The number of amides is 1. The Bertz CT molecular complexity index is 1110. The van der Waals surface area contributed by atoms with Gasteiger partial charge in [0.2, 0.25) is 5.91 Å². The number of benzene rings is 2. The van der Waals surface area contributed by atoms with E-state index in [2.05, 4.69) is 10.3 Å². The van der Waals surface area contributed by atoms with Gasteiger partial charge in [0.25, 0.3) is 5.56 Å². The van der Waals surface area contributed by atoms with Crippen molar-refractivity contribution in [3.63, 3.8) is 0 Å². The first-order valence-electron chi connectivity index (χ1n) is 8.87. The number of halogens is 3. The number of ether oxygens (including phenoxy) is 2. The minimum atomic E-state index is -4.59. The van der Waals surface area contributed by atoms with Crippen molar-refractivity contribution in [3.05, 3.63) is 64.6 Å². The van der Waals surface area contributed by atoms with Gasteiger partial charge in [-0.3, -0.25) is 14.2 Å². The van der Waals surface area contributed by atoms with Crippen LogP contribution in [0.3, 0.4) is 0 Å². The maximum Gasteiger partial charge on any atom is 0.416 e. The van der Waals surface area contributed by atoms with E-state index in [0.29, 0.717) is 11.0 Å². The Morgan fingerprint density at radius 2 is 1.93 bits per heavy atom. The molecule has 7 nitrogen and oxygen atoms in total. The maximum atomic E-state index is 13.1. The average Bonchev–Trinajstić information content (AvgIpc) is 2.70. The largest absolute Gasteiger partial charge is 0.489 e. The van der Waals surface area contributed by atoms with Gasteiger partial charge in [0.15, 0.2) is 0 Å². The third-order valence-electron chi connectivity index (χ3n) is 4.18. The predicted octanol–water partition coefficient (Wildman–Crippen LogP) is 3.08. The van der Waals surface area contributed by atoms with E-state index in [0.717, 1.165) is 24.4 Å². The molecule has 0 aliphatic rings. The number of nitrogens with zero attached hydrogens (tertiary/aromatic N) is 2. The Kier molecular flexibility index (Phi) is 6.36. The number of carbonyl (C=O) groups is 1. The molecule has 158 valence electrons. The van der Waals surface area contributed by atoms with Gasteiger partial charge in [-0.05, 0) is 30.3 Å². The number of anilines is 1. The molecule has 1 N–H and O–H groups in total. The number of alkyl halides is 3. The lowest BCUT2D eigenvalue weighted by atomic mass is 10.1. The number of methoxy groups -OCH3 is 1. The summed E-state index contributed by atoms with van der Waals surface area (Å²) >= 11 is 0. The Labute approximate surface area is 169 Å². The highest BCUT2D eigenvalue weighted by Crippen LogP contribution is 2.35. The van der Waals surface area contributed by atoms with Crippen molar-refractivity contribution in [1.82, 2.24) is 9.55 Å². The van der Waals surface area contributed by atoms with Crippen LogP contribution in [0.5, 0.6) is 5.75 Å². The number of nitrogens with one attached hydrogen (secondary N) is 1. The topological polar surface area (TPSA) is 82.5 Å². The van der Waals surface area contributed by atoms with Crippen LogP contribution >= 0.6 is 0 Å². The minimum absolute atomic E-state index is 0.0559. The zero-order chi connectivity index (χ0) is 21.7. The predicted molar refractivity (Wildman–Crippen MR) is 103 cm³/mol. The van der Waals surface area contributed by atoms with Gasteiger partial charge in [0.1, 0.15) is 18.9 Å². The van der Waals surface area contributed by atoms with Crippen molar-refractivity contribution in [2.24, 2.45) is 0 Å². The molecular formula is C20H18F3N3O4. The molecule has 1 aromatic heterocycles. The molecule has 1 amide bonds. The van der Waals surface area contributed by atoms with Crippen LogP contribution in [0, 0.1) is 0 Å². The van der Waals surface area contributed by atoms with Gasteiger partial charge in [-0.2, -0.15) is 13.2 Å². The van der Waals surface area contributed by atoms with Crippen molar-refractivity contribution >= 4 is 22.6 Å². The Morgan fingerprint density at radius 3 is 2.67 bits per heavy atom. The first-order chi connectivity index (χ1) is 14.3. The third kappa shape index (κ3) is 4.95. The van der Waals surface area contributed by atoms with E-state index >= 15 is 0 Å². The second kappa shape index (κ2) is 8.95. The van der Waals surface area contributed by atoms with Crippen LogP contribution in [0.4, 0.5) is 18.9 Å². The smallest absolute Gasteiger partial charge is 0.416 e. The lowest BCUT2D eigenvalue weighted by molar-refractivity contribution is -0.137. The molecule has 0 radical (unpaired) electrons. The molecule has 2 aromatic carbocycles. The normalized spacial score (nSPS) is 11.5. The van der Waals surface area contributed by atoms with Crippen molar-refractivity contribution < 1.29 is 27.4 Å². The molecule has 3 rings (SSSR count). The second-order valence-electron chi connectivity index (χ2n) is 6.27. The fraction of sp³-hybridized carbons (Fsp3) is 0.250. The number of fused-ring (bicyclic) bond motifs is 1. The van der Waals surface area contributed by atoms with Crippen molar-refractivity contribution in [1.29, 1.82) is 0 Å². The molecule has 0 saturated carbocycles. The van der Waals surface area contributed by atoms with Gasteiger partial charge in [-0.25, -0.2) is 4.98 Å². The Morgan fingerprint density at radius 1 is 1.17 bits per heavy atom. The molecule has 3 aromatic rings. The van der Waals surface area contributed by atoms with E-state index < -0.39 is 29.8 Å². The van der Waals surface area contributed by atoms with Crippen LogP contribution in [0.25, 0.3) is 11.0 Å². The van der Waals surface area contributed by atoms with Gasteiger partial charge in [0.05, 0.1) is 35.1 Å². The first kappa shape index (κ1) is 21.3. The summed E-state index contributed by atoms with van der Waals surface area (Å²) in [5, 5.41) is 2.41. The van der Waals surface area contributed by atoms with E-state index in [1.807, 2.05) is 0 Å². The van der Waals surface area contributed by atoms with E-state index in [1.54, 1.807) is 24.3 Å². The highest BCUT2D eigenvalue weighted by molar-refractivity contribution is 5.93. The van der Waals surface area contributed by atoms with Crippen molar-refractivity contribution in [2.75, 3.05) is 25.6 Å². The number of hydrogen-bond acceptors (Lipinski definition) is 5. The van der Waals surface area contributed by atoms with Gasteiger partial charge in [-0.1, -0.05) is 12.1 Å². The van der Waals surface area contributed by atoms with Crippen LogP contribution in [0.1, 0.15) is 5.56 Å². The lowest BCUT2D eigenvalue weighted by Crippen LogP contribution is -2.28. The van der Waals surface area contributed by atoms with Crippen LogP contribution in [0.2, 0.25) is 0 Å². The summed E-state index contributed by atoms with van der Waals surface area (Å²) in [5.74, 6) is -0.635. The summed E-state index contributed by atoms with van der Waals surface area (Å²) in [6, 6.07) is 9.50. The van der Waals surface area contributed by atoms with Crippen LogP contribution in [0.15, 0.2) is 53.5 Å². The molecule has 0 unspecified atom stereocenters. The summed E-state index contributed by atoms with van der Waals surface area (Å²) < 4.78 is 50.7. The summed E-state index contributed by atoms with van der Waals surface area (Å²) in [5.41, 5.74) is -0.668. The average molecular weight is 421 g/mol. The molecule has 0 spiro atoms. The summed E-state index contributed by atoms with van der Waals surface area (Å²) in [6.45, 7) is -0.110. The fourth-order valence-electron chi connectivity index (χ4n) is 2.78. The minimum Gasteiger partial charge on any atom is -0.489 e. The number of hydrogen-bond donors (Lipinski definition) is 1. The van der Waals surface area contributed by atoms with Crippen molar-refractivity contribution in [2.45, 2.75) is 12.7 Å². The highest BCUT2D eigenvalue weighted by atomic mass is 19.4. The van der Waals surface area contributed by atoms with Crippen LogP contribution in [-0.2, 0) is 22.3 Å². The monoisotopic (exact) mass is 421 g/mol. The standard InChI is InChI=1S/C20H18F3N3O4/c1-29-8-9-30-17-7-6-13(20(21,22)23)10-15(17)25-18(27)12-26-16-5-3-2-4-14(16)24-11-19(26)28/h2-7,10-11H,8-9,12H2,1H3,(H,25,27). The van der Waals surface area contributed by atoms with E-state index in [9.17, 15) is 22.8 Å². The van der Waals surface area contributed by atoms with Gasteiger partial charge in [-0.15, -0.1) is 0 Å². The first-order valence-corrected chi connectivity index (χ1v) is 8.87. The molecule has 30 heavy (non-hydrogen) atoms.